The van der Waals surface area contributed by atoms with Crippen LogP contribution in [0.4, 0.5) is 0 Å². The summed E-state index contributed by atoms with van der Waals surface area (Å²) >= 11 is 0. The Kier molecular flexibility index (Phi) is 6.13. The standard InChI is InChI=1S/C13H20N2O5S/c1-15(2)8-4-7-14-21(18,19)10-5-6-12(20-3)11(9-10)13(16)17/h5-6,9,14H,4,7-8H2,1-3H3,(H,16,17). The lowest BCUT2D eigenvalue weighted by Gasteiger charge is -2.11. The molecule has 7 nitrogen and oxygen atoms in total. The second-order valence-corrected chi connectivity index (χ2v) is 6.49. The number of aromatic carboxylic acids is 1. The van der Waals surface area contributed by atoms with E-state index < -0.39 is 16.0 Å². The Morgan fingerprint density at radius 3 is 2.57 bits per heavy atom. The van der Waals surface area contributed by atoms with E-state index in [0.29, 0.717) is 6.42 Å². The third kappa shape index (κ3) is 5.00. The number of methoxy groups -OCH3 is 1. The van der Waals surface area contributed by atoms with Crippen LogP contribution in [0.5, 0.6) is 5.75 Å². The van der Waals surface area contributed by atoms with Crippen molar-refractivity contribution in [2.24, 2.45) is 0 Å². The maximum atomic E-state index is 12.1. The summed E-state index contributed by atoms with van der Waals surface area (Å²) in [6.45, 7) is 1.04. The average Bonchev–Trinajstić information content (AvgIpc) is 2.42. The van der Waals surface area contributed by atoms with Crippen LogP contribution in [0, 0.1) is 0 Å². The molecule has 0 aromatic heterocycles. The van der Waals surface area contributed by atoms with Crippen molar-refractivity contribution in [1.29, 1.82) is 0 Å². The highest BCUT2D eigenvalue weighted by molar-refractivity contribution is 7.89. The first kappa shape index (κ1) is 17.4. The highest BCUT2D eigenvalue weighted by atomic mass is 32.2. The fraction of sp³-hybridized carbons (Fsp3) is 0.462. The minimum absolute atomic E-state index is 0.0921. The third-order valence-corrected chi connectivity index (χ3v) is 4.24. The van der Waals surface area contributed by atoms with Gasteiger partial charge in [0.1, 0.15) is 11.3 Å². The van der Waals surface area contributed by atoms with Crippen molar-refractivity contribution < 1.29 is 23.1 Å². The smallest absolute Gasteiger partial charge is 0.339 e. The maximum absolute atomic E-state index is 12.1. The summed E-state index contributed by atoms with van der Waals surface area (Å²) in [5, 5.41) is 9.06. The van der Waals surface area contributed by atoms with E-state index >= 15 is 0 Å². The van der Waals surface area contributed by atoms with Crippen LogP contribution in [-0.4, -0.2) is 58.7 Å². The normalized spacial score (nSPS) is 11.6. The molecule has 2 N–H and O–H groups in total. The van der Waals surface area contributed by atoms with Gasteiger partial charge in [-0.1, -0.05) is 0 Å². The second kappa shape index (κ2) is 7.39. The first-order chi connectivity index (χ1) is 9.77. The Balaban J connectivity index is 2.88. The Hall–Kier alpha value is -1.64. The zero-order valence-corrected chi connectivity index (χ0v) is 13.1. The van der Waals surface area contributed by atoms with E-state index in [4.69, 9.17) is 9.84 Å². The molecule has 21 heavy (non-hydrogen) atoms. The van der Waals surface area contributed by atoms with E-state index in [1.54, 1.807) is 0 Å². The van der Waals surface area contributed by atoms with Gasteiger partial charge >= 0.3 is 5.97 Å². The Morgan fingerprint density at radius 1 is 1.38 bits per heavy atom. The number of sulfonamides is 1. The molecule has 0 heterocycles. The van der Waals surface area contributed by atoms with Crippen LogP contribution in [-0.2, 0) is 10.0 Å². The largest absolute Gasteiger partial charge is 0.496 e. The van der Waals surface area contributed by atoms with E-state index in [1.807, 2.05) is 19.0 Å². The molecular weight excluding hydrogens is 296 g/mol. The van der Waals surface area contributed by atoms with Gasteiger partial charge in [-0.25, -0.2) is 17.9 Å². The van der Waals surface area contributed by atoms with Crippen molar-refractivity contribution in [2.75, 3.05) is 34.3 Å². The molecule has 0 bridgehead atoms. The summed E-state index contributed by atoms with van der Waals surface area (Å²) in [6.07, 6.45) is 0.661. The summed E-state index contributed by atoms with van der Waals surface area (Å²) in [5.74, 6) is -1.12. The molecule has 0 radical (unpaired) electrons. The van der Waals surface area contributed by atoms with Gasteiger partial charge in [0, 0.05) is 6.54 Å². The van der Waals surface area contributed by atoms with Gasteiger partial charge < -0.3 is 14.7 Å². The number of carboxylic acid groups (broad SMARTS) is 1. The van der Waals surface area contributed by atoms with Gasteiger partial charge in [-0.2, -0.15) is 0 Å². The Bertz CT molecular complexity index is 599. The minimum atomic E-state index is -3.73. The van der Waals surface area contributed by atoms with Gasteiger partial charge in [0.15, 0.2) is 0 Å². The molecule has 0 saturated heterocycles. The zero-order chi connectivity index (χ0) is 16.0. The quantitative estimate of drug-likeness (QED) is 0.683. The van der Waals surface area contributed by atoms with Crippen LogP contribution in [0.3, 0.4) is 0 Å². The number of rotatable bonds is 8. The highest BCUT2D eigenvalue weighted by Crippen LogP contribution is 2.22. The summed E-state index contributed by atoms with van der Waals surface area (Å²) in [4.78, 5) is 13.0. The van der Waals surface area contributed by atoms with Crippen molar-refractivity contribution in [3.05, 3.63) is 23.8 Å². The predicted molar refractivity (Wildman–Crippen MR) is 78.3 cm³/mol. The predicted octanol–water partition coefficient (Wildman–Crippen LogP) is 0.623. The number of hydrogen-bond acceptors (Lipinski definition) is 5. The number of carboxylic acids is 1. The molecule has 0 fully saturated rings. The molecule has 0 amide bonds. The number of benzene rings is 1. The van der Waals surface area contributed by atoms with E-state index in [9.17, 15) is 13.2 Å². The first-order valence-electron chi connectivity index (χ1n) is 6.33. The zero-order valence-electron chi connectivity index (χ0n) is 12.3. The molecule has 0 atom stereocenters. The Morgan fingerprint density at radius 2 is 2.05 bits per heavy atom. The maximum Gasteiger partial charge on any atom is 0.339 e. The second-order valence-electron chi connectivity index (χ2n) is 4.72. The van der Waals surface area contributed by atoms with Gasteiger partial charge in [-0.05, 0) is 45.3 Å². The number of carbonyl (C=O) groups is 1. The van der Waals surface area contributed by atoms with Crippen molar-refractivity contribution in [1.82, 2.24) is 9.62 Å². The van der Waals surface area contributed by atoms with E-state index in [-0.39, 0.29) is 22.8 Å². The van der Waals surface area contributed by atoms with Crippen molar-refractivity contribution in [3.8, 4) is 5.75 Å². The van der Waals surface area contributed by atoms with Crippen LogP contribution in [0.15, 0.2) is 23.1 Å². The first-order valence-corrected chi connectivity index (χ1v) is 7.82. The van der Waals surface area contributed by atoms with Crippen LogP contribution in [0.2, 0.25) is 0 Å². The molecular formula is C13H20N2O5S. The molecule has 0 unspecified atom stereocenters. The monoisotopic (exact) mass is 316 g/mol. The van der Waals surface area contributed by atoms with Crippen LogP contribution in [0.1, 0.15) is 16.8 Å². The molecule has 0 saturated carbocycles. The molecule has 1 aromatic rings. The molecule has 118 valence electrons. The van der Waals surface area contributed by atoms with Gasteiger partial charge in [0.05, 0.1) is 12.0 Å². The van der Waals surface area contributed by atoms with Crippen LogP contribution < -0.4 is 9.46 Å². The van der Waals surface area contributed by atoms with Crippen molar-refractivity contribution in [2.45, 2.75) is 11.3 Å². The molecule has 1 rings (SSSR count). The van der Waals surface area contributed by atoms with Gasteiger partial charge in [0.25, 0.3) is 0 Å². The minimum Gasteiger partial charge on any atom is -0.496 e. The number of nitrogens with zero attached hydrogens (tertiary/aromatic N) is 1. The fourth-order valence-corrected chi connectivity index (χ4v) is 2.81. The summed E-state index contributed by atoms with van der Waals surface area (Å²) in [6, 6.07) is 3.74. The molecule has 0 spiro atoms. The van der Waals surface area contributed by atoms with Gasteiger partial charge in [-0.3, -0.25) is 0 Å². The van der Waals surface area contributed by atoms with E-state index in [2.05, 4.69) is 4.72 Å². The van der Waals surface area contributed by atoms with Crippen molar-refractivity contribution >= 4 is 16.0 Å². The molecule has 0 aliphatic heterocycles. The van der Waals surface area contributed by atoms with E-state index in [0.717, 1.165) is 12.6 Å². The van der Waals surface area contributed by atoms with Crippen LogP contribution >= 0.6 is 0 Å². The summed E-state index contributed by atoms with van der Waals surface area (Å²) in [5.41, 5.74) is -0.186. The topological polar surface area (TPSA) is 95.9 Å². The lowest BCUT2D eigenvalue weighted by atomic mass is 10.2. The lowest BCUT2D eigenvalue weighted by molar-refractivity contribution is 0.0693. The van der Waals surface area contributed by atoms with Crippen LogP contribution in [0.25, 0.3) is 0 Å². The van der Waals surface area contributed by atoms with Crippen molar-refractivity contribution in [3.63, 3.8) is 0 Å². The number of nitrogens with one attached hydrogen (secondary N) is 1. The molecule has 0 aliphatic carbocycles. The third-order valence-electron chi connectivity index (χ3n) is 2.79. The van der Waals surface area contributed by atoms with Gasteiger partial charge in [0.2, 0.25) is 10.0 Å². The SMILES string of the molecule is COc1ccc(S(=O)(=O)NCCCN(C)C)cc1C(=O)O. The fourth-order valence-electron chi connectivity index (χ4n) is 1.71. The van der Waals surface area contributed by atoms with E-state index in [1.165, 1.54) is 19.2 Å². The molecule has 8 heteroatoms. The number of ether oxygens (including phenoxy) is 1. The molecule has 0 aliphatic rings. The highest BCUT2D eigenvalue weighted by Gasteiger charge is 2.19. The number of hydrogen-bond donors (Lipinski definition) is 2. The summed E-state index contributed by atoms with van der Waals surface area (Å²) < 4.78 is 31.5. The molecule has 1 aromatic carbocycles. The summed E-state index contributed by atoms with van der Waals surface area (Å²) in [7, 11) is 1.40. The average molecular weight is 316 g/mol. The van der Waals surface area contributed by atoms with Gasteiger partial charge in [-0.15, -0.1) is 0 Å². The Labute approximate surface area is 124 Å². The lowest BCUT2D eigenvalue weighted by Crippen LogP contribution is -2.27.